The lowest BCUT2D eigenvalue weighted by Crippen LogP contribution is -2.57. The van der Waals surface area contributed by atoms with Gasteiger partial charge in [0.1, 0.15) is 6.42 Å². The highest BCUT2D eigenvalue weighted by atomic mass is 16.4. The van der Waals surface area contributed by atoms with Gasteiger partial charge in [-0.3, -0.25) is 14.6 Å². The molecule has 9 heteroatoms. The van der Waals surface area contributed by atoms with Crippen LogP contribution in [0, 0.1) is 5.41 Å². The number of rotatable bonds is 3. The molecule has 2 N–H and O–H groups in total. The summed E-state index contributed by atoms with van der Waals surface area (Å²) in [6.07, 6.45) is 5.23. The van der Waals surface area contributed by atoms with Gasteiger partial charge in [0.05, 0.1) is 0 Å². The minimum absolute atomic E-state index is 0.0141. The minimum atomic E-state index is -1.12. The second-order valence-electron chi connectivity index (χ2n) is 8.54. The lowest BCUT2D eigenvalue weighted by atomic mass is 9.67. The molecule has 9 nitrogen and oxygen atoms in total. The highest BCUT2D eigenvalue weighted by molar-refractivity contribution is 5.93. The van der Waals surface area contributed by atoms with Crippen LogP contribution in [0.1, 0.15) is 30.7 Å². The molecule has 3 aliphatic rings. The van der Waals surface area contributed by atoms with Crippen molar-refractivity contribution >= 4 is 17.9 Å². The molecule has 0 saturated carbocycles. The van der Waals surface area contributed by atoms with Gasteiger partial charge in [0.25, 0.3) is 0 Å². The Balaban J connectivity index is 1.40. The van der Waals surface area contributed by atoms with Crippen LogP contribution in [0.2, 0.25) is 0 Å². The molecule has 30 heavy (non-hydrogen) atoms. The number of carboxylic acid groups (broad SMARTS) is 1. The van der Waals surface area contributed by atoms with Gasteiger partial charge >= 0.3 is 12.0 Å². The summed E-state index contributed by atoms with van der Waals surface area (Å²) in [5, 5.41) is 12.3. The van der Waals surface area contributed by atoms with Gasteiger partial charge in [-0.2, -0.15) is 0 Å². The maximum absolute atomic E-state index is 13.2. The zero-order valence-corrected chi connectivity index (χ0v) is 17.1. The molecule has 0 aromatic carbocycles. The number of hydrogen-bond acceptors (Lipinski definition) is 5. The first kappa shape index (κ1) is 20.6. The first-order chi connectivity index (χ1) is 14.5. The van der Waals surface area contributed by atoms with Crippen LogP contribution < -0.4 is 5.32 Å². The zero-order valence-electron chi connectivity index (χ0n) is 17.1. The fourth-order valence-electron chi connectivity index (χ4n) is 5.13. The summed E-state index contributed by atoms with van der Waals surface area (Å²) in [4.78, 5) is 45.3. The molecule has 3 fully saturated rings. The Morgan fingerprint density at radius 3 is 2.37 bits per heavy atom. The molecule has 2 unspecified atom stereocenters. The number of hydrogen-bond donors (Lipinski definition) is 2. The van der Waals surface area contributed by atoms with Crippen LogP contribution in [0.25, 0.3) is 0 Å². The number of piperidine rings is 1. The van der Waals surface area contributed by atoms with Gasteiger partial charge < -0.3 is 25.1 Å². The van der Waals surface area contributed by atoms with Crippen LogP contribution in [-0.4, -0.2) is 95.1 Å². The Morgan fingerprint density at radius 2 is 1.73 bits per heavy atom. The average molecular weight is 415 g/mol. The van der Waals surface area contributed by atoms with E-state index in [1.165, 1.54) is 10.5 Å². The molecular weight excluding hydrogens is 386 g/mol. The molecule has 3 saturated heterocycles. The number of likely N-dealkylation sites (tertiary alicyclic amines) is 1. The second-order valence-corrected chi connectivity index (χ2v) is 8.54. The fourth-order valence-corrected chi connectivity index (χ4v) is 5.13. The summed E-state index contributed by atoms with van der Waals surface area (Å²) in [7, 11) is 0. The molecule has 4 rings (SSSR count). The largest absolute Gasteiger partial charge is 0.481 e. The molecule has 0 radical (unpaired) electrons. The van der Waals surface area contributed by atoms with Crippen LogP contribution in [0.4, 0.5) is 4.79 Å². The lowest BCUT2D eigenvalue weighted by molar-refractivity contribution is -0.144. The summed E-state index contributed by atoms with van der Waals surface area (Å²) >= 11 is 0. The Hall–Kier alpha value is -2.68. The number of piperazine rings is 1. The van der Waals surface area contributed by atoms with E-state index in [-0.39, 0.29) is 23.3 Å². The molecule has 3 amide bonds. The summed E-state index contributed by atoms with van der Waals surface area (Å²) in [5.41, 5.74) is 1.41. The molecule has 2 atom stereocenters. The standard InChI is InChI=1S/C21H29N5O4/c27-18(13-19(28)29)24-9-11-25(12-10-24)20(30)26-8-4-21(3-7-23-15-21)17(14-26)16-1-5-22-6-2-16/h1-2,5-6,17,23H,3-4,7-15H2,(H,28,29). The number of amides is 3. The van der Waals surface area contributed by atoms with E-state index in [0.717, 1.165) is 32.5 Å². The Morgan fingerprint density at radius 1 is 1.03 bits per heavy atom. The third kappa shape index (κ3) is 4.12. The Labute approximate surface area is 176 Å². The third-order valence-corrected chi connectivity index (χ3v) is 6.88. The minimum Gasteiger partial charge on any atom is -0.481 e. The van der Waals surface area contributed by atoms with Crippen molar-refractivity contribution in [3.05, 3.63) is 30.1 Å². The first-order valence-corrected chi connectivity index (χ1v) is 10.6. The molecule has 1 spiro atoms. The first-order valence-electron chi connectivity index (χ1n) is 10.6. The predicted octanol–water partition coefficient (Wildman–Crippen LogP) is 0.590. The summed E-state index contributed by atoms with van der Waals surface area (Å²) < 4.78 is 0. The van der Waals surface area contributed by atoms with E-state index in [9.17, 15) is 14.4 Å². The van der Waals surface area contributed by atoms with Crippen molar-refractivity contribution in [2.45, 2.75) is 25.2 Å². The van der Waals surface area contributed by atoms with Crippen LogP contribution in [0.3, 0.4) is 0 Å². The Bertz CT molecular complexity index is 788. The number of pyridine rings is 1. The lowest BCUT2D eigenvalue weighted by Gasteiger charge is -2.47. The Kier molecular flexibility index (Phi) is 5.90. The van der Waals surface area contributed by atoms with Gasteiger partial charge in [-0.05, 0) is 42.5 Å². The summed E-state index contributed by atoms with van der Waals surface area (Å²) in [6, 6.07) is 4.14. The van der Waals surface area contributed by atoms with Crippen LogP contribution in [0.15, 0.2) is 24.5 Å². The van der Waals surface area contributed by atoms with Gasteiger partial charge in [-0.15, -0.1) is 0 Å². The van der Waals surface area contributed by atoms with Gasteiger partial charge in [-0.25, -0.2) is 4.79 Å². The maximum atomic E-state index is 13.2. The van der Waals surface area contributed by atoms with Crippen molar-refractivity contribution < 1.29 is 19.5 Å². The quantitative estimate of drug-likeness (QED) is 0.700. The molecule has 1 aromatic rings. The van der Waals surface area contributed by atoms with Crippen LogP contribution >= 0.6 is 0 Å². The maximum Gasteiger partial charge on any atom is 0.320 e. The normalized spacial score (nSPS) is 26.8. The van der Waals surface area contributed by atoms with Crippen molar-refractivity contribution in [3.63, 3.8) is 0 Å². The van der Waals surface area contributed by atoms with Crippen molar-refractivity contribution in [3.8, 4) is 0 Å². The molecule has 162 valence electrons. The third-order valence-electron chi connectivity index (χ3n) is 6.88. The number of nitrogens with one attached hydrogen (secondary N) is 1. The summed E-state index contributed by atoms with van der Waals surface area (Å²) in [5.74, 6) is -1.24. The van der Waals surface area contributed by atoms with Gasteiger partial charge in [0.15, 0.2) is 0 Å². The number of urea groups is 1. The van der Waals surface area contributed by atoms with Crippen molar-refractivity contribution in [2.75, 3.05) is 52.4 Å². The summed E-state index contributed by atoms with van der Waals surface area (Å²) in [6.45, 7) is 5.05. The number of aromatic nitrogens is 1. The number of carboxylic acids is 1. The number of carbonyl (C=O) groups is 3. The number of carbonyl (C=O) groups excluding carboxylic acids is 2. The van der Waals surface area contributed by atoms with Gasteiger partial charge in [0, 0.05) is 64.1 Å². The van der Waals surface area contributed by atoms with E-state index in [4.69, 9.17) is 5.11 Å². The second kappa shape index (κ2) is 8.59. The highest BCUT2D eigenvalue weighted by Crippen LogP contribution is 2.47. The van der Waals surface area contributed by atoms with Crippen molar-refractivity contribution in [2.24, 2.45) is 5.41 Å². The highest BCUT2D eigenvalue weighted by Gasteiger charge is 2.47. The predicted molar refractivity (Wildman–Crippen MR) is 109 cm³/mol. The van der Waals surface area contributed by atoms with Crippen LogP contribution in [-0.2, 0) is 9.59 Å². The number of nitrogens with zero attached hydrogens (tertiary/aromatic N) is 4. The monoisotopic (exact) mass is 415 g/mol. The molecule has 4 heterocycles. The average Bonchev–Trinajstić information content (AvgIpc) is 3.23. The zero-order chi connectivity index (χ0) is 21.1. The molecule has 1 aromatic heterocycles. The topological polar surface area (TPSA) is 106 Å². The molecule has 3 aliphatic heterocycles. The van der Waals surface area contributed by atoms with E-state index in [1.807, 2.05) is 17.3 Å². The van der Waals surface area contributed by atoms with Crippen LogP contribution in [0.5, 0.6) is 0 Å². The van der Waals surface area contributed by atoms with E-state index in [2.05, 4.69) is 22.4 Å². The van der Waals surface area contributed by atoms with E-state index >= 15 is 0 Å². The molecule has 0 bridgehead atoms. The SMILES string of the molecule is O=C(O)CC(=O)N1CCN(C(=O)N2CCC3(CCNC3)C(c3ccncc3)C2)CC1. The van der Waals surface area contributed by atoms with Crippen molar-refractivity contribution in [1.82, 2.24) is 25.0 Å². The van der Waals surface area contributed by atoms with Gasteiger partial charge in [0.2, 0.25) is 5.91 Å². The van der Waals surface area contributed by atoms with E-state index in [1.54, 1.807) is 4.90 Å². The number of aliphatic carboxylic acids is 1. The van der Waals surface area contributed by atoms with E-state index in [0.29, 0.717) is 32.7 Å². The molecule has 0 aliphatic carbocycles. The molecular formula is C21H29N5O4. The fraction of sp³-hybridized carbons (Fsp3) is 0.619. The van der Waals surface area contributed by atoms with Gasteiger partial charge in [-0.1, -0.05) is 0 Å². The van der Waals surface area contributed by atoms with Crippen molar-refractivity contribution in [1.29, 1.82) is 0 Å². The van der Waals surface area contributed by atoms with E-state index < -0.39 is 12.4 Å². The smallest absolute Gasteiger partial charge is 0.320 e.